The Hall–Kier alpha value is -2.23. The zero-order chi connectivity index (χ0) is 30.2. The Kier molecular flexibility index (Phi) is 17.9. The van der Waals surface area contributed by atoms with Crippen molar-refractivity contribution < 1.29 is 23.6 Å². The van der Waals surface area contributed by atoms with Crippen LogP contribution in [0.15, 0.2) is 0 Å². The molecular weight excluding hydrogens is 501 g/mol. The predicted molar refractivity (Wildman–Crippen MR) is 155 cm³/mol. The number of fused-ring (bicyclic) bond motifs is 1. The maximum Gasteiger partial charge on any atom is 0.241 e. The fourth-order valence-corrected chi connectivity index (χ4v) is 5.06. The number of nitrogens with one attached hydrogen (secondary N) is 3. The highest BCUT2D eigenvalue weighted by Crippen LogP contribution is 2.61. The Morgan fingerprint density at radius 2 is 1.59 bits per heavy atom. The average Bonchev–Trinajstić information content (AvgIpc) is 3.26. The Labute approximate surface area is 236 Å². The van der Waals surface area contributed by atoms with Crippen molar-refractivity contribution >= 4 is 24.6 Å². The molecule has 2 saturated heterocycles. The van der Waals surface area contributed by atoms with E-state index < -0.39 is 0 Å². The maximum absolute atomic E-state index is 11.8. The topological polar surface area (TPSA) is 111 Å². The lowest BCUT2D eigenvalue weighted by atomic mass is 10.0. The SMILES string of the molecule is CC(C)C.CC1(C)C2CN(C(=O)CNC=O)CC21.CN1CCC(CCF)C1.CNC(=O)C(C)CC(C)NC=O. The minimum atomic E-state index is -0.140. The fraction of sp³-hybridized carbons (Fsp3) is 0.862. The summed E-state index contributed by atoms with van der Waals surface area (Å²) < 4.78 is 11.8. The van der Waals surface area contributed by atoms with Gasteiger partial charge in [0.05, 0.1) is 13.2 Å². The summed E-state index contributed by atoms with van der Waals surface area (Å²) in [6.07, 6.45) is 3.85. The standard InChI is InChI=1S/C10H16N2O2.C8H16N2O2.C7H14FN.C4H10/c1-10(2)7-4-12(5-8(7)10)9(14)3-11-6-13;1-6(8(12)9-3)4-7(2)10-5-11;1-9-5-3-7(6-9)2-4-8;1-4(2)3/h6-8H,3-5H2,1-2H3,(H,11,13);5-7H,4H2,1-3H3,(H,9,12)(H,10,11);7H,2-6H2,1H3;4H,1-3H3. The van der Waals surface area contributed by atoms with Gasteiger partial charge in [-0.25, -0.2) is 0 Å². The molecule has 3 fully saturated rings. The molecule has 0 spiro atoms. The van der Waals surface area contributed by atoms with Crippen molar-refractivity contribution in [3.05, 3.63) is 0 Å². The van der Waals surface area contributed by atoms with E-state index in [1.54, 1.807) is 7.05 Å². The summed E-state index contributed by atoms with van der Waals surface area (Å²) in [6.45, 7) is 18.7. The highest BCUT2D eigenvalue weighted by molar-refractivity contribution is 5.80. The van der Waals surface area contributed by atoms with Crippen LogP contribution in [0.4, 0.5) is 4.39 Å². The quantitative estimate of drug-likeness (QED) is 0.358. The molecule has 4 amide bonds. The summed E-state index contributed by atoms with van der Waals surface area (Å²) >= 11 is 0. The van der Waals surface area contributed by atoms with Crippen molar-refractivity contribution in [1.82, 2.24) is 25.8 Å². The molecule has 0 aromatic heterocycles. The molecule has 1 aliphatic carbocycles. The van der Waals surface area contributed by atoms with Crippen LogP contribution in [-0.2, 0) is 19.2 Å². The van der Waals surface area contributed by atoms with Crippen molar-refractivity contribution in [1.29, 1.82) is 0 Å². The molecule has 3 aliphatic rings. The van der Waals surface area contributed by atoms with Gasteiger partial charge in [0.1, 0.15) is 0 Å². The molecule has 0 aromatic rings. The second-order valence-corrected chi connectivity index (χ2v) is 12.4. The smallest absolute Gasteiger partial charge is 0.241 e. The number of carbonyl (C=O) groups is 4. The van der Waals surface area contributed by atoms with E-state index in [2.05, 4.69) is 62.5 Å². The Bertz CT molecular complexity index is 718. The van der Waals surface area contributed by atoms with Crippen molar-refractivity contribution in [2.24, 2.45) is 35.0 Å². The fourth-order valence-electron chi connectivity index (χ4n) is 5.06. The van der Waals surface area contributed by atoms with Gasteiger partial charge in [-0.05, 0) is 68.9 Å². The number of carbonyl (C=O) groups excluding carboxylic acids is 4. The first-order chi connectivity index (χ1) is 18.2. The molecule has 1 saturated carbocycles. The Morgan fingerprint density at radius 3 is 2.00 bits per heavy atom. The third-order valence-electron chi connectivity index (χ3n) is 7.57. The first kappa shape index (κ1) is 36.8. The second-order valence-electron chi connectivity index (χ2n) is 12.4. The minimum Gasteiger partial charge on any atom is -0.359 e. The van der Waals surface area contributed by atoms with Gasteiger partial charge in [-0.15, -0.1) is 0 Å². The van der Waals surface area contributed by atoms with Crippen LogP contribution >= 0.6 is 0 Å². The highest BCUT2D eigenvalue weighted by atomic mass is 19.1. The maximum atomic E-state index is 11.8. The third-order valence-corrected chi connectivity index (χ3v) is 7.57. The van der Waals surface area contributed by atoms with Gasteiger partial charge in [0.2, 0.25) is 24.6 Å². The van der Waals surface area contributed by atoms with Crippen LogP contribution in [0.25, 0.3) is 0 Å². The molecule has 3 N–H and O–H groups in total. The number of hydrogen-bond acceptors (Lipinski definition) is 5. The number of nitrogens with zero attached hydrogens (tertiary/aromatic N) is 2. The molecule has 3 rings (SSSR count). The van der Waals surface area contributed by atoms with Gasteiger partial charge in [-0.1, -0.05) is 41.5 Å². The third kappa shape index (κ3) is 14.6. The second kappa shape index (κ2) is 19.0. The summed E-state index contributed by atoms with van der Waals surface area (Å²) in [4.78, 5) is 46.7. The van der Waals surface area contributed by atoms with Crippen molar-refractivity contribution in [3.63, 3.8) is 0 Å². The zero-order valence-electron chi connectivity index (χ0n) is 25.9. The summed E-state index contributed by atoms with van der Waals surface area (Å²) in [6, 6.07) is 0.0507. The van der Waals surface area contributed by atoms with Crippen LogP contribution in [0.1, 0.15) is 67.7 Å². The van der Waals surface area contributed by atoms with Gasteiger partial charge < -0.3 is 25.8 Å². The first-order valence-electron chi connectivity index (χ1n) is 14.3. The van der Waals surface area contributed by atoms with E-state index in [-0.39, 0.29) is 37.0 Å². The van der Waals surface area contributed by atoms with Crippen molar-refractivity contribution in [3.8, 4) is 0 Å². The van der Waals surface area contributed by atoms with Crippen LogP contribution < -0.4 is 16.0 Å². The lowest BCUT2D eigenvalue weighted by Gasteiger charge is -2.21. The molecule has 5 unspecified atom stereocenters. The van der Waals surface area contributed by atoms with Crippen LogP contribution in [-0.4, -0.2) is 94.0 Å². The van der Waals surface area contributed by atoms with Crippen LogP contribution in [0.2, 0.25) is 0 Å². The van der Waals surface area contributed by atoms with E-state index in [1.807, 2.05) is 18.7 Å². The van der Waals surface area contributed by atoms with Crippen LogP contribution in [0, 0.1) is 35.0 Å². The van der Waals surface area contributed by atoms with Gasteiger partial charge in [0.15, 0.2) is 0 Å². The average molecular weight is 558 g/mol. The number of hydrogen-bond donors (Lipinski definition) is 3. The number of halogens is 1. The lowest BCUT2D eigenvalue weighted by Crippen LogP contribution is -2.38. The van der Waals surface area contributed by atoms with Crippen LogP contribution in [0.5, 0.6) is 0 Å². The lowest BCUT2D eigenvalue weighted by molar-refractivity contribution is -0.131. The number of amides is 4. The monoisotopic (exact) mass is 557 g/mol. The van der Waals surface area contributed by atoms with Crippen LogP contribution in [0.3, 0.4) is 0 Å². The van der Waals surface area contributed by atoms with Crippen molar-refractivity contribution in [2.45, 2.75) is 73.8 Å². The molecule has 0 aromatic carbocycles. The highest BCUT2D eigenvalue weighted by Gasteiger charge is 2.62. The minimum absolute atomic E-state index is 0.00884. The van der Waals surface area contributed by atoms with E-state index in [0.717, 1.165) is 38.5 Å². The molecule has 9 nitrogen and oxygen atoms in total. The number of likely N-dealkylation sites (tertiary alicyclic amines) is 2. The molecule has 5 atom stereocenters. The van der Waals surface area contributed by atoms with Crippen molar-refractivity contribution in [2.75, 3.05) is 53.5 Å². The van der Waals surface area contributed by atoms with Gasteiger partial charge in [0, 0.05) is 38.6 Å². The van der Waals surface area contributed by atoms with Gasteiger partial charge in [0.25, 0.3) is 0 Å². The molecule has 39 heavy (non-hydrogen) atoms. The molecule has 228 valence electrons. The molecule has 2 heterocycles. The summed E-state index contributed by atoms with van der Waals surface area (Å²) in [5.74, 6) is 2.83. The molecule has 0 bridgehead atoms. The normalized spacial score (nSPS) is 23.8. The Morgan fingerprint density at radius 1 is 1.03 bits per heavy atom. The summed E-state index contributed by atoms with van der Waals surface area (Å²) in [5, 5.41) is 7.56. The number of rotatable bonds is 10. The number of alkyl halides is 1. The molecule has 10 heteroatoms. The molecular formula is C29H56FN5O4. The zero-order valence-corrected chi connectivity index (χ0v) is 25.9. The van der Waals surface area contributed by atoms with E-state index in [9.17, 15) is 23.6 Å². The molecule has 0 radical (unpaired) electrons. The van der Waals surface area contributed by atoms with E-state index in [1.165, 1.54) is 6.42 Å². The Balaban J connectivity index is 0.000000529. The van der Waals surface area contributed by atoms with Gasteiger partial charge in [-0.2, -0.15) is 0 Å². The van der Waals surface area contributed by atoms with Gasteiger partial charge in [-0.3, -0.25) is 23.6 Å². The van der Waals surface area contributed by atoms with E-state index in [0.29, 0.717) is 42.4 Å². The first-order valence-corrected chi connectivity index (χ1v) is 14.3. The van der Waals surface area contributed by atoms with E-state index >= 15 is 0 Å². The molecule has 2 aliphatic heterocycles. The van der Waals surface area contributed by atoms with E-state index in [4.69, 9.17) is 0 Å². The largest absolute Gasteiger partial charge is 0.359 e. The predicted octanol–water partition coefficient (Wildman–Crippen LogP) is 2.70. The summed E-state index contributed by atoms with van der Waals surface area (Å²) in [5.41, 5.74) is 0.439. The van der Waals surface area contributed by atoms with Gasteiger partial charge >= 0.3 is 0 Å². The number of piperidine rings is 1. The summed E-state index contributed by atoms with van der Waals surface area (Å²) in [7, 11) is 3.70.